The van der Waals surface area contributed by atoms with Crippen molar-refractivity contribution < 1.29 is 23.5 Å². The fourth-order valence-electron chi connectivity index (χ4n) is 4.93. The van der Waals surface area contributed by atoms with E-state index in [2.05, 4.69) is 5.10 Å². The lowest BCUT2D eigenvalue weighted by atomic mass is 10.0. The summed E-state index contributed by atoms with van der Waals surface area (Å²) in [7, 11) is 0. The highest BCUT2D eigenvalue weighted by molar-refractivity contribution is 6.34. The largest absolute Gasteiger partial charge is 0.493 e. The Morgan fingerprint density at radius 1 is 1.14 bits per heavy atom. The quantitative estimate of drug-likeness (QED) is 0.228. The zero-order valence-electron chi connectivity index (χ0n) is 22.9. The van der Waals surface area contributed by atoms with E-state index in [1.54, 1.807) is 17.3 Å². The van der Waals surface area contributed by atoms with Crippen LogP contribution in [0.3, 0.4) is 0 Å². The number of hydrogen-bond acceptors (Lipinski definition) is 5. The van der Waals surface area contributed by atoms with E-state index in [0.29, 0.717) is 50.0 Å². The first-order chi connectivity index (χ1) is 20.2. The molecule has 1 aromatic heterocycles. The maximum Gasteiger partial charge on any atom is 0.250 e. The van der Waals surface area contributed by atoms with Crippen molar-refractivity contribution >= 4 is 40.7 Å². The Balaban J connectivity index is 1.32. The van der Waals surface area contributed by atoms with Crippen LogP contribution in [0.25, 0.3) is 11.1 Å². The molecule has 0 radical (unpaired) electrons. The Morgan fingerprint density at radius 2 is 1.95 bits per heavy atom. The van der Waals surface area contributed by atoms with E-state index in [0.717, 1.165) is 34.0 Å². The third-order valence-corrected chi connectivity index (χ3v) is 8.02. The second-order valence-electron chi connectivity index (χ2n) is 9.89. The van der Waals surface area contributed by atoms with Crippen molar-refractivity contribution in [2.45, 2.75) is 32.9 Å². The molecule has 0 unspecified atom stereocenters. The molecule has 42 heavy (non-hydrogen) atoms. The van der Waals surface area contributed by atoms with Crippen LogP contribution in [-0.2, 0) is 22.7 Å². The second kappa shape index (κ2) is 12.9. The third kappa shape index (κ3) is 6.28. The van der Waals surface area contributed by atoms with E-state index in [4.69, 9.17) is 38.4 Å². The van der Waals surface area contributed by atoms with E-state index in [1.165, 1.54) is 10.7 Å². The maximum absolute atomic E-state index is 14.6. The fourth-order valence-corrected chi connectivity index (χ4v) is 5.40. The number of carbonyl (C=O) groups excluding carboxylic acids is 2. The lowest BCUT2D eigenvalue weighted by molar-refractivity contribution is -0.118. The van der Waals surface area contributed by atoms with Crippen molar-refractivity contribution in [3.63, 3.8) is 0 Å². The highest BCUT2D eigenvalue weighted by Gasteiger charge is 2.24. The smallest absolute Gasteiger partial charge is 0.250 e. The third-order valence-electron chi connectivity index (χ3n) is 7.18. The van der Waals surface area contributed by atoms with E-state index in [1.807, 2.05) is 43.3 Å². The minimum atomic E-state index is -0.739. The Morgan fingerprint density at radius 3 is 2.76 bits per heavy atom. The lowest BCUT2D eigenvalue weighted by Gasteiger charge is -2.23. The average molecular weight is 612 g/mol. The first-order valence-corrected chi connectivity index (χ1v) is 14.2. The minimum Gasteiger partial charge on any atom is -0.493 e. The molecule has 1 aliphatic heterocycles. The van der Waals surface area contributed by atoms with Gasteiger partial charge in [-0.05, 0) is 49.2 Å². The zero-order chi connectivity index (χ0) is 29.8. The highest BCUT2D eigenvalue weighted by Crippen LogP contribution is 2.34. The maximum atomic E-state index is 14.6. The molecule has 0 aliphatic carbocycles. The van der Waals surface area contributed by atoms with Gasteiger partial charge in [0, 0.05) is 52.1 Å². The van der Waals surface area contributed by atoms with Gasteiger partial charge in [0.05, 0.1) is 43.1 Å². The summed E-state index contributed by atoms with van der Waals surface area (Å²) in [6.45, 7) is 3.42. The number of anilines is 1. The average Bonchev–Trinajstić information content (AvgIpc) is 3.32. The Kier molecular flexibility index (Phi) is 9.11. The van der Waals surface area contributed by atoms with Gasteiger partial charge in [-0.3, -0.25) is 14.3 Å². The minimum absolute atomic E-state index is 0.00129. The summed E-state index contributed by atoms with van der Waals surface area (Å²) in [5.41, 5.74) is 9.63. The van der Waals surface area contributed by atoms with Gasteiger partial charge in [0.2, 0.25) is 11.8 Å². The van der Waals surface area contributed by atoms with Crippen molar-refractivity contribution in [2.24, 2.45) is 5.73 Å². The standard InChI is InChI=1S/C31H29Cl2FN4O4/c1-19-25(32)6-3-8-28(19)42-13-4-9-29(39)38-12-14-41-18-24-21(5-2-7-27(24)38)20-15-36-37(16-20)17-23-26(34)11-10-22(30(23)33)31(35)40/h2-3,5-8,10-11,15-16H,4,9,12-14,17-18H2,1H3,(H2,35,40). The fraction of sp³-hybridized carbons (Fsp3) is 0.258. The number of primary amides is 1. The normalized spacial score (nSPS) is 13.0. The van der Waals surface area contributed by atoms with Gasteiger partial charge in [-0.2, -0.15) is 5.10 Å². The Labute approximate surface area is 252 Å². The number of amides is 2. The summed E-state index contributed by atoms with van der Waals surface area (Å²) >= 11 is 12.5. The number of nitrogens with zero attached hydrogens (tertiary/aromatic N) is 3. The summed E-state index contributed by atoms with van der Waals surface area (Å²) in [5, 5.41) is 4.99. The molecule has 11 heteroatoms. The number of aromatic nitrogens is 2. The van der Waals surface area contributed by atoms with Gasteiger partial charge in [0.25, 0.3) is 0 Å². The number of benzene rings is 3. The molecule has 3 aromatic carbocycles. The van der Waals surface area contributed by atoms with Gasteiger partial charge in [-0.15, -0.1) is 0 Å². The van der Waals surface area contributed by atoms with Gasteiger partial charge < -0.3 is 20.1 Å². The molecule has 0 bridgehead atoms. The van der Waals surface area contributed by atoms with Crippen LogP contribution in [0.2, 0.25) is 10.0 Å². The number of ether oxygens (including phenoxy) is 2. The molecule has 8 nitrogen and oxygen atoms in total. The van der Waals surface area contributed by atoms with Crippen LogP contribution in [-0.4, -0.2) is 41.4 Å². The van der Waals surface area contributed by atoms with Crippen LogP contribution in [0.15, 0.2) is 60.9 Å². The van der Waals surface area contributed by atoms with Crippen LogP contribution < -0.4 is 15.4 Å². The predicted molar refractivity (Wildman–Crippen MR) is 160 cm³/mol. The number of hydrogen-bond donors (Lipinski definition) is 1. The summed E-state index contributed by atoms with van der Waals surface area (Å²) in [6.07, 6.45) is 4.26. The van der Waals surface area contributed by atoms with Crippen LogP contribution in [0.5, 0.6) is 5.75 Å². The molecule has 5 rings (SSSR count). The molecular weight excluding hydrogens is 582 g/mol. The van der Waals surface area contributed by atoms with Crippen molar-refractivity contribution in [1.82, 2.24) is 9.78 Å². The van der Waals surface area contributed by atoms with Crippen LogP contribution in [0.1, 0.15) is 39.9 Å². The van der Waals surface area contributed by atoms with Gasteiger partial charge >= 0.3 is 0 Å². The first-order valence-electron chi connectivity index (χ1n) is 13.4. The molecule has 218 valence electrons. The van der Waals surface area contributed by atoms with Crippen molar-refractivity contribution in [3.8, 4) is 16.9 Å². The van der Waals surface area contributed by atoms with Crippen LogP contribution >= 0.6 is 23.2 Å². The van der Waals surface area contributed by atoms with E-state index in [9.17, 15) is 14.0 Å². The number of halogens is 3. The number of nitrogens with two attached hydrogens (primary N) is 1. The molecule has 4 aromatic rings. The molecule has 2 N–H and O–H groups in total. The van der Waals surface area contributed by atoms with Crippen molar-refractivity contribution in [1.29, 1.82) is 0 Å². The van der Waals surface area contributed by atoms with Crippen LogP contribution in [0, 0.1) is 12.7 Å². The summed E-state index contributed by atoms with van der Waals surface area (Å²) in [4.78, 5) is 26.8. The molecule has 1 aliphatic rings. The van der Waals surface area contributed by atoms with Gasteiger partial charge in [-0.1, -0.05) is 41.4 Å². The van der Waals surface area contributed by atoms with Gasteiger partial charge in [-0.25, -0.2) is 4.39 Å². The Hall–Kier alpha value is -3.92. The van der Waals surface area contributed by atoms with Gasteiger partial charge in [0.1, 0.15) is 11.6 Å². The topological polar surface area (TPSA) is 99.7 Å². The molecule has 0 fully saturated rings. The molecule has 0 spiro atoms. The Bertz CT molecular complexity index is 1640. The monoisotopic (exact) mass is 610 g/mol. The number of carbonyl (C=O) groups is 2. The van der Waals surface area contributed by atoms with Crippen LogP contribution in [0.4, 0.5) is 10.1 Å². The molecule has 0 saturated heterocycles. The summed E-state index contributed by atoms with van der Waals surface area (Å²) in [6, 6.07) is 13.7. The lowest BCUT2D eigenvalue weighted by Crippen LogP contribution is -2.33. The van der Waals surface area contributed by atoms with Crippen molar-refractivity contribution in [2.75, 3.05) is 24.7 Å². The predicted octanol–water partition coefficient (Wildman–Crippen LogP) is 6.17. The van der Waals surface area contributed by atoms with Crippen molar-refractivity contribution in [3.05, 3.63) is 99.0 Å². The number of rotatable bonds is 9. The molecular formula is C31H29Cl2FN4O4. The van der Waals surface area contributed by atoms with E-state index in [-0.39, 0.29) is 28.6 Å². The van der Waals surface area contributed by atoms with Gasteiger partial charge in [0.15, 0.2) is 0 Å². The SMILES string of the molecule is Cc1c(Cl)cccc1OCCCC(=O)N1CCOCc2c(-c3cnn(Cc4c(F)ccc(C(N)=O)c4Cl)c3)cccc21. The second-order valence-corrected chi connectivity index (χ2v) is 10.7. The van der Waals surface area contributed by atoms with E-state index < -0.39 is 11.7 Å². The highest BCUT2D eigenvalue weighted by atomic mass is 35.5. The zero-order valence-corrected chi connectivity index (χ0v) is 24.4. The van der Waals surface area contributed by atoms with E-state index >= 15 is 0 Å². The number of fused-ring (bicyclic) bond motifs is 1. The molecule has 2 heterocycles. The molecule has 0 atom stereocenters. The first kappa shape index (κ1) is 29.6. The summed E-state index contributed by atoms with van der Waals surface area (Å²) < 4.78 is 27.9. The summed E-state index contributed by atoms with van der Waals surface area (Å²) in [5.74, 6) is -0.622. The molecule has 2 amide bonds. The molecule has 0 saturated carbocycles.